The molecule has 1 aromatic heterocycles. The Kier molecular flexibility index (Phi) is 4.62. The fourth-order valence-corrected chi connectivity index (χ4v) is 2.78. The second-order valence-corrected chi connectivity index (χ2v) is 5.85. The summed E-state index contributed by atoms with van der Waals surface area (Å²) in [5, 5.41) is 10.3. The van der Waals surface area contributed by atoms with Crippen LogP contribution in [0.25, 0.3) is 0 Å². The number of aromatic nitrogens is 1. The van der Waals surface area contributed by atoms with Crippen LogP contribution in [-0.4, -0.2) is 22.7 Å². The molecule has 0 atom stereocenters. The van der Waals surface area contributed by atoms with Gasteiger partial charge in [-0.3, -0.25) is 0 Å². The molecule has 0 radical (unpaired) electrons. The fraction of sp³-hybridized carbons (Fsp3) is 0.286. The lowest BCUT2D eigenvalue weighted by Crippen LogP contribution is -2.01. The van der Waals surface area contributed by atoms with Crippen molar-refractivity contribution in [1.29, 1.82) is 0 Å². The molecule has 0 saturated carbocycles. The van der Waals surface area contributed by atoms with E-state index in [1.165, 1.54) is 11.3 Å². The number of hydrogen-bond acceptors (Lipinski definition) is 4. The highest BCUT2D eigenvalue weighted by Gasteiger charge is 2.13. The number of ether oxygens (including phenoxy) is 1. The first-order valence-electron chi connectivity index (χ1n) is 6.06. The number of thiazole rings is 1. The van der Waals surface area contributed by atoms with Crippen LogP contribution >= 0.6 is 22.9 Å². The molecule has 0 amide bonds. The Bertz CT molecular complexity index is 639. The lowest BCUT2D eigenvalue weighted by atomic mass is 10.2. The van der Waals surface area contributed by atoms with Crippen molar-refractivity contribution in [3.63, 3.8) is 0 Å². The zero-order valence-corrected chi connectivity index (χ0v) is 12.7. The molecular weight excluding hydrogens is 298 g/mol. The molecule has 0 bridgehead atoms. The summed E-state index contributed by atoms with van der Waals surface area (Å²) in [6.45, 7) is 4.07. The largest absolute Gasteiger partial charge is 0.492 e. The molecule has 0 saturated heterocycles. The second kappa shape index (κ2) is 6.24. The van der Waals surface area contributed by atoms with Gasteiger partial charge in [-0.05, 0) is 31.5 Å². The van der Waals surface area contributed by atoms with Crippen molar-refractivity contribution in [3.8, 4) is 5.75 Å². The minimum Gasteiger partial charge on any atom is -0.492 e. The number of nitrogens with zero attached hydrogens (tertiary/aromatic N) is 1. The van der Waals surface area contributed by atoms with Gasteiger partial charge in [-0.15, -0.1) is 11.3 Å². The van der Waals surface area contributed by atoms with Gasteiger partial charge in [-0.1, -0.05) is 17.7 Å². The minimum absolute atomic E-state index is 0.286. The quantitative estimate of drug-likeness (QED) is 0.914. The van der Waals surface area contributed by atoms with Crippen molar-refractivity contribution in [2.45, 2.75) is 20.3 Å². The van der Waals surface area contributed by atoms with E-state index in [0.717, 1.165) is 10.6 Å². The van der Waals surface area contributed by atoms with Crippen LogP contribution in [0.5, 0.6) is 5.75 Å². The third-order valence-electron chi connectivity index (χ3n) is 2.70. The van der Waals surface area contributed by atoms with E-state index in [9.17, 15) is 4.79 Å². The molecule has 0 aliphatic carbocycles. The number of carboxylic acid groups (broad SMARTS) is 1. The molecule has 6 heteroatoms. The molecule has 1 N–H and O–H groups in total. The van der Waals surface area contributed by atoms with Gasteiger partial charge in [-0.2, -0.15) is 0 Å². The van der Waals surface area contributed by atoms with Gasteiger partial charge >= 0.3 is 5.97 Å². The molecule has 0 spiro atoms. The van der Waals surface area contributed by atoms with Crippen LogP contribution in [0, 0.1) is 13.8 Å². The number of carboxylic acids is 1. The number of aromatic carboxylic acids is 1. The van der Waals surface area contributed by atoms with E-state index in [4.69, 9.17) is 21.4 Å². The van der Waals surface area contributed by atoms with Crippen LogP contribution in [0.1, 0.15) is 25.9 Å². The molecule has 1 heterocycles. The summed E-state index contributed by atoms with van der Waals surface area (Å²) in [4.78, 5) is 15.4. The summed E-state index contributed by atoms with van der Waals surface area (Å²) in [5.41, 5.74) is 1.62. The SMILES string of the molecule is Cc1ccc(Cl)c(OCCc2nc(C)c(C(=O)O)s2)c1. The van der Waals surface area contributed by atoms with Gasteiger partial charge in [0.2, 0.25) is 0 Å². The third-order valence-corrected chi connectivity index (χ3v) is 4.21. The maximum Gasteiger partial charge on any atom is 0.347 e. The number of hydrogen-bond donors (Lipinski definition) is 1. The van der Waals surface area contributed by atoms with Crippen molar-refractivity contribution >= 4 is 28.9 Å². The fourth-order valence-electron chi connectivity index (χ4n) is 1.73. The average molecular weight is 312 g/mol. The van der Waals surface area contributed by atoms with Crippen molar-refractivity contribution < 1.29 is 14.6 Å². The number of benzene rings is 1. The first kappa shape index (κ1) is 14.8. The van der Waals surface area contributed by atoms with E-state index in [2.05, 4.69) is 4.98 Å². The Hall–Kier alpha value is -1.59. The summed E-state index contributed by atoms with van der Waals surface area (Å²) in [6, 6.07) is 5.58. The topological polar surface area (TPSA) is 59.4 Å². The van der Waals surface area contributed by atoms with Gasteiger partial charge in [0.05, 0.1) is 22.3 Å². The molecule has 0 aliphatic rings. The molecule has 1 aromatic carbocycles. The monoisotopic (exact) mass is 311 g/mol. The predicted octanol–water partition coefficient (Wildman–Crippen LogP) is 3.73. The van der Waals surface area contributed by atoms with E-state index in [-0.39, 0.29) is 4.88 Å². The summed E-state index contributed by atoms with van der Waals surface area (Å²) < 4.78 is 5.62. The Morgan fingerprint density at radius 3 is 2.85 bits per heavy atom. The first-order chi connectivity index (χ1) is 9.47. The van der Waals surface area contributed by atoms with E-state index in [1.54, 1.807) is 13.0 Å². The molecule has 106 valence electrons. The van der Waals surface area contributed by atoms with Gasteiger partial charge in [0.1, 0.15) is 10.6 Å². The first-order valence-corrected chi connectivity index (χ1v) is 7.25. The summed E-state index contributed by atoms with van der Waals surface area (Å²) in [7, 11) is 0. The standard InChI is InChI=1S/C14H14ClNO3S/c1-8-3-4-10(15)11(7-8)19-6-5-12-16-9(2)13(20-12)14(17)18/h3-4,7H,5-6H2,1-2H3,(H,17,18). The van der Waals surface area contributed by atoms with Gasteiger partial charge in [0, 0.05) is 6.42 Å². The maximum absolute atomic E-state index is 10.9. The van der Waals surface area contributed by atoms with E-state index in [0.29, 0.717) is 29.5 Å². The van der Waals surface area contributed by atoms with Gasteiger partial charge < -0.3 is 9.84 Å². The van der Waals surface area contributed by atoms with Crippen molar-refractivity contribution in [3.05, 3.63) is 44.4 Å². The average Bonchev–Trinajstić information content (AvgIpc) is 2.75. The summed E-state index contributed by atoms with van der Waals surface area (Å²) in [5.74, 6) is -0.299. The minimum atomic E-state index is -0.936. The van der Waals surface area contributed by atoms with Crippen LogP contribution in [0.4, 0.5) is 0 Å². The molecule has 0 aliphatic heterocycles. The van der Waals surface area contributed by atoms with Gasteiger partial charge in [0.25, 0.3) is 0 Å². The molecule has 0 unspecified atom stereocenters. The maximum atomic E-state index is 10.9. The third kappa shape index (κ3) is 3.49. The summed E-state index contributed by atoms with van der Waals surface area (Å²) >= 11 is 7.22. The zero-order valence-electron chi connectivity index (χ0n) is 11.1. The number of rotatable bonds is 5. The van der Waals surface area contributed by atoms with Crippen LogP contribution in [-0.2, 0) is 6.42 Å². The van der Waals surface area contributed by atoms with Crippen molar-refractivity contribution in [2.24, 2.45) is 0 Å². The van der Waals surface area contributed by atoms with Crippen molar-refractivity contribution in [2.75, 3.05) is 6.61 Å². The highest BCUT2D eigenvalue weighted by Crippen LogP contribution is 2.25. The molecule has 0 fully saturated rings. The van der Waals surface area contributed by atoms with Crippen LogP contribution in [0.15, 0.2) is 18.2 Å². The Morgan fingerprint density at radius 2 is 2.20 bits per heavy atom. The van der Waals surface area contributed by atoms with Crippen LogP contribution in [0.3, 0.4) is 0 Å². The smallest absolute Gasteiger partial charge is 0.347 e. The zero-order chi connectivity index (χ0) is 14.7. The highest BCUT2D eigenvalue weighted by molar-refractivity contribution is 7.13. The molecule has 20 heavy (non-hydrogen) atoms. The lowest BCUT2D eigenvalue weighted by molar-refractivity contribution is 0.0701. The number of halogens is 1. The Morgan fingerprint density at radius 1 is 1.45 bits per heavy atom. The number of aryl methyl sites for hydroxylation is 2. The van der Waals surface area contributed by atoms with Gasteiger partial charge in [-0.25, -0.2) is 9.78 Å². The van der Waals surface area contributed by atoms with Crippen molar-refractivity contribution in [1.82, 2.24) is 4.98 Å². The van der Waals surface area contributed by atoms with E-state index in [1.807, 2.05) is 19.1 Å². The predicted molar refractivity (Wildman–Crippen MR) is 79.2 cm³/mol. The van der Waals surface area contributed by atoms with E-state index >= 15 is 0 Å². The highest BCUT2D eigenvalue weighted by atomic mass is 35.5. The lowest BCUT2D eigenvalue weighted by Gasteiger charge is -2.07. The molecule has 4 nitrogen and oxygen atoms in total. The van der Waals surface area contributed by atoms with Crippen LogP contribution in [0.2, 0.25) is 5.02 Å². The Balaban J connectivity index is 1.98. The molecular formula is C14H14ClNO3S. The Labute approximate surface area is 126 Å². The van der Waals surface area contributed by atoms with E-state index < -0.39 is 5.97 Å². The van der Waals surface area contributed by atoms with Gasteiger partial charge in [0.15, 0.2) is 0 Å². The van der Waals surface area contributed by atoms with Crippen LogP contribution < -0.4 is 4.74 Å². The molecule has 2 rings (SSSR count). The molecule has 2 aromatic rings. The summed E-state index contributed by atoms with van der Waals surface area (Å²) in [6.07, 6.45) is 0.559. The second-order valence-electron chi connectivity index (χ2n) is 4.36. The number of carbonyl (C=O) groups is 1. The normalized spacial score (nSPS) is 10.6.